The number of nitrogens with zero attached hydrogens (tertiary/aromatic N) is 1. The van der Waals surface area contributed by atoms with E-state index in [-0.39, 0.29) is 5.69 Å². The van der Waals surface area contributed by atoms with Crippen LogP contribution < -0.4 is 5.32 Å². The van der Waals surface area contributed by atoms with Gasteiger partial charge in [-0.15, -0.1) is 0 Å². The highest BCUT2D eigenvalue weighted by molar-refractivity contribution is 5.55. The molecule has 4 N–H and O–H groups in total. The van der Waals surface area contributed by atoms with Crippen molar-refractivity contribution in [1.82, 2.24) is 0 Å². The molecule has 1 aliphatic heterocycles. The largest absolute Gasteiger partial charge is 0.388 e. The number of benzene rings is 1. The molecule has 0 bridgehead atoms. The Kier molecular flexibility index (Phi) is 4.43. The number of rotatable bonds is 3. The topological polar surface area (TPSA) is 125 Å². The Bertz CT molecular complexity index is 537. The number of ether oxygens (including phenoxy) is 1. The smallest absolute Gasteiger partial charge is 0.269 e. The van der Waals surface area contributed by atoms with Crippen molar-refractivity contribution in [1.29, 1.82) is 0 Å². The van der Waals surface area contributed by atoms with E-state index in [1.165, 1.54) is 18.2 Å². The van der Waals surface area contributed by atoms with Crippen molar-refractivity contribution in [2.24, 2.45) is 0 Å². The van der Waals surface area contributed by atoms with E-state index in [4.69, 9.17) is 4.74 Å². The number of nitrogens with one attached hydrogen (secondary N) is 1. The van der Waals surface area contributed by atoms with Gasteiger partial charge in [0.1, 0.15) is 18.3 Å². The molecule has 1 saturated heterocycles. The third-order valence-corrected chi connectivity index (χ3v) is 3.57. The van der Waals surface area contributed by atoms with Gasteiger partial charge in [0, 0.05) is 17.8 Å². The van der Waals surface area contributed by atoms with Crippen LogP contribution in [0.5, 0.6) is 0 Å². The molecule has 0 spiro atoms. The van der Waals surface area contributed by atoms with Gasteiger partial charge in [0.15, 0.2) is 6.23 Å². The Morgan fingerprint density at radius 2 is 1.90 bits per heavy atom. The lowest BCUT2D eigenvalue weighted by atomic mass is 9.99. The summed E-state index contributed by atoms with van der Waals surface area (Å²) in [5, 5.41) is 42.8. The van der Waals surface area contributed by atoms with Crippen molar-refractivity contribution in [2.75, 3.05) is 5.32 Å². The number of aliphatic hydroxyl groups excluding tert-OH is 3. The van der Waals surface area contributed by atoms with E-state index in [1.54, 1.807) is 13.8 Å². The molecule has 5 atom stereocenters. The number of nitro groups is 1. The summed E-state index contributed by atoms with van der Waals surface area (Å²) in [6.45, 7) is 3.26. The fourth-order valence-electron chi connectivity index (χ4n) is 2.25. The minimum absolute atomic E-state index is 0.0352. The van der Waals surface area contributed by atoms with Gasteiger partial charge in [0.2, 0.25) is 0 Å². The number of hydrogen-bond donors (Lipinski definition) is 4. The first-order chi connectivity index (χ1) is 9.81. The molecule has 1 heterocycles. The average molecular weight is 298 g/mol. The maximum Gasteiger partial charge on any atom is 0.269 e. The van der Waals surface area contributed by atoms with Gasteiger partial charge in [0.25, 0.3) is 5.69 Å². The molecule has 0 unspecified atom stereocenters. The predicted octanol–water partition coefficient (Wildman–Crippen LogP) is 0.143. The van der Waals surface area contributed by atoms with Gasteiger partial charge >= 0.3 is 0 Å². The summed E-state index contributed by atoms with van der Waals surface area (Å²) in [7, 11) is 0. The molecule has 21 heavy (non-hydrogen) atoms. The Morgan fingerprint density at radius 1 is 1.24 bits per heavy atom. The van der Waals surface area contributed by atoms with Crippen molar-refractivity contribution in [3.8, 4) is 0 Å². The lowest BCUT2D eigenvalue weighted by molar-refractivity contribution is -0.384. The third-order valence-electron chi connectivity index (χ3n) is 3.57. The van der Waals surface area contributed by atoms with Crippen molar-refractivity contribution < 1.29 is 25.0 Å². The van der Waals surface area contributed by atoms with Crippen LogP contribution in [0.4, 0.5) is 11.4 Å². The molecule has 0 aliphatic carbocycles. The monoisotopic (exact) mass is 298 g/mol. The number of aliphatic hydroxyl groups is 3. The van der Waals surface area contributed by atoms with Crippen LogP contribution >= 0.6 is 0 Å². The molecule has 8 heteroatoms. The zero-order chi connectivity index (χ0) is 15.7. The molecule has 1 fully saturated rings. The van der Waals surface area contributed by atoms with Crippen LogP contribution in [0.3, 0.4) is 0 Å². The van der Waals surface area contributed by atoms with Crippen LogP contribution in [0.15, 0.2) is 18.2 Å². The van der Waals surface area contributed by atoms with Gasteiger partial charge in [-0.05, 0) is 25.5 Å². The van der Waals surface area contributed by atoms with E-state index in [1.807, 2.05) is 0 Å². The van der Waals surface area contributed by atoms with E-state index in [9.17, 15) is 25.4 Å². The zero-order valence-electron chi connectivity index (χ0n) is 11.6. The van der Waals surface area contributed by atoms with Gasteiger partial charge < -0.3 is 25.4 Å². The van der Waals surface area contributed by atoms with Crippen molar-refractivity contribution in [3.63, 3.8) is 0 Å². The van der Waals surface area contributed by atoms with E-state index >= 15 is 0 Å². The molecule has 0 aromatic heterocycles. The quantitative estimate of drug-likeness (QED) is 0.462. The average Bonchev–Trinajstić information content (AvgIpc) is 2.44. The standard InChI is InChI=1S/C13H18N2O6/c1-6-5-8(15(19)20)3-4-9(6)14-13-12(18)11(17)10(16)7(2)21-13/h3-5,7,10-14,16-18H,1-2H3/t7-,10+,11+,12+,13-/m0/s1. The second-order valence-corrected chi connectivity index (χ2v) is 5.13. The fourth-order valence-corrected chi connectivity index (χ4v) is 2.25. The van der Waals surface area contributed by atoms with E-state index in [2.05, 4.69) is 5.32 Å². The van der Waals surface area contributed by atoms with Crippen LogP contribution in [0, 0.1) is 17.0 Å². The summed E-state index contributed by atoms with van der Waals surface area (Å²) in [5.41, 5.74) is 1.11. The minimum Gasteiger partial charge on any atom is -0.388 e. The first-order valence-electron chi connectivity index (χ1n) is 6.52. The molecular formula is C13H18N2O6. The van der Waals surface area contributed by atoms with Gasteiger partial charge in [-0.1, -0.05) is 0 Å². The number of nitro benzene ring substituents is 1. The Balaban J connectivity index is 2.16. The molecule has 116 valence electrons. The van der Waals surface area contributed by atoms with Gasteiger partial charge in [-0.2, -0.15) is 0 Å². The maximum atomic E-state index is 10.7. The number of hydrogen-bond acceptors (Lipinski definition) is 7. The maximum absolute atomic E-state index is 10.7. The Labute approximate surface area is 121 Å². The van der Waals surface area contributed by atoms with Crippen molar-refractivity contribution in [2.45, 2.75) is 44.5 Å². The van der Waals surface area contributed by atoms with Gasteiger partial charge in [-0.25, -0.2) is 0 Å². The molecule has 0 saturated carbocycles. The van der Waals surface area contributed by atoms with Crippen molar-refractivity contribution >= 4 is 11.4 Å². The summed E-state index contributed by atoms with van der Waals surface area (Å²) in [6.07, 6.45) is -5.38. The van der Waals surface area contributed by atoms with Crippen LogP contribution in [0.25, 0.3) is 0 Å². The Hall–Kier alpha value is -1.74. The van der Waals surface area contributed by atoms with Crippen LogP contribution in [0.2, 0.25) is 0 Å². The van der Waals surface area contributed by atoms with Gasteiger partial charge in [0.05, 0.1) is 11.0 Å². The molecule has 1 aliphatic rings. The van der Waals surface area contributed by atoms with E-state index < -0.39 is 35.6 Å². The third kappa shape index (κ3) is 3.13. The summed E-state index contributed by atoms with van der Waals surface area (Å²) in [6, 6.07) is 4.23. The highest BCUT2D eigenvalue weighted by Crippen LogP contribution is 2.26. The van der Waals surface area contributed by atoms with E-state index in [0.717, 1.165) is 0 Å². The molecule has 2 rings (SSSR count). The summed E-state index contributed by atoms with van der Waals surface area (Å²) in [4.78, 5) is 10.2. The first-order valence-corrected chi connectivity index (χ1v) is 6.52. The number of non-ortho nitro benzene ring substituents is 1. The molecule has 1 aromatic rings. The highest BCUT2D eigenvalue weighted by Gasteiger charge is 2.41. The molecule has 1 aromatic carbocycles. The van der Waals surface area contributed by atoms with Crippen LogP contribution in [-0.4, -0.2) is 50.9 Å². The fraction of sp³-hybridized carbons (Fsp3) is 0.538. The van der Waals surface area contributed by atoms with Crippen LogP contribution in [-0.2, 0) is 4.74 Å². The second-order valence-electron chi connectivity index (χ2n) is 5.13. The normalized spacial score (nSPS) is 32.7. The lowest BCUT2D eigenvalue weighted by Gasteiger charge is -2.40. The highest BCUT2D eigenvalue weighted by atomic mass is 16.6. The number of aryl methyl sites for hydroxylation is 1. The Morgan fingerprint density at radius 3 is 2.48 bits per heavy atom. The molecular weight excluding hydrogens is 280 g/mol. The molecule has 0 radical (unpaired) electrons. The summed E-state index contributed by atoms with van der Waals surface area (Å²) >= 11 is 0. The van der Waals surface area contributed by atoms with Gasteiger partial charge in [-0.3, -0.25) is 10.1 Å². The summed E-state index contributed by atoms with van der Waals surface area (Å²) < 4.78 is 5.41. The van der Waals surface area contributed by atoms with Crippen LogP contribution in [0.1, 0.15) is 12.5 Å². The lowest BCUT2D eigenvalue weighted by Crippen LogP contribution is -2.58. The first kappa shape index (κ1) is 15.6. The SMILES string of the molecule is Cc1cc([N+](=O)[O-])ccc1N[C@H]1O[C@@H](C)[C@@H](O)[C@@H](O)[C@H]1O. The molecule has 0 amide bonds. The number of anilines is 1. The predicted molar refractivity (Wildman–Crippen MR) is 73.8 cm³/mol. The zero-order valence-corrected chi connectivity index (χ0v) is 11.6. The molecule has 8 nitrogen and oxygen atoms in total. The minimum atomic E-state index is -1.33. The van der Waals surface area contributed by atoms with E-state index in [0.29, 0.717) is 11.3 Å². The second kappa shape index (κ2) is 5.94. The summed E-state index contributed by atoms with van der Waals surface area (Å²) in [5.74, 6) is 0. The van der Waals surface area contributed by atoms with Crippen molar-refractivity contribution in [3.05, 3.63) is 33.9 Å².